The van der Waals surface area contributed by atoms with E-state index >= 15 is 0 Å². The molecule has 0 fully saturated rings. The van der Waals surface area contributed by atoms with Crippen molar-refractivity contribution >= 4 is 44.8 Å². The minimum Gasteiger partial charge on any atom is -0.298 e. The predicted molar refractivity (Wildman–Crippen MR) is 57.0 cm³/mol. The van der Waals surface area contributed by atoms with Crippen molar-refractivity contribution in [3.05, 3.63) is 31.3 Å². The summed E-state index contributed by atoms with van der Waals surface area (Å²) in [5.74, 6) is 0. The summed E-state index contributed by atoms with van der Waals surface area (Å²) in [7, 11) is 0. The van der Waals surface area contributed by atoms with Crippen LogP contribution >= 0.6 is 38.5 Å². The molecule has 0 saturated heterocycles. The molecule has 0 saturated carbocycles. The van der Waals surface area contributed by atoms with Gasteiger partial charge in [0.1, 0.15) is 0 Å². The number of aldehydes is 1. The SMILES string of the molecule is Cc1cc(Br)cc(C=O)c1I. The van der Waals surface area contributed by atoms with Crippen LogP contribution in [0.2, 0.25) is 0 Å². The molecule has 1 nitrogen and oxygen atoms in total. The molecule has 0 aliphatic carbocycles. The first-order valence-electron chi connectivity index (χ1n) is 3.06. The molecule has 11 heavy (non-hydrogen) atoms. The molecule has 0 aliphatic rings. The molecule has 0 radical (unpaired) electrons. The van der Waals surface area contributed by atoms with Crippen molar-refractivity contribution in [2.45, 2.75) is 6.92 Å². The molecular formula is C8H6BrIO. The van der Waals surface area contributed by atoms with Crippen molar-refractivity contribution in [3.8, 4) is 0 Å². The molecule has 0 atom stereocenters. The molecule has 0 aromatic heterocycles. The molecule has 58 valence electrons. The van der Waals surface area contributed by atoms with Crippen LogP contribution in [0.25, 0.3) is 0 Å². The van der Waals surface area contributed by atoms with Gasteiger partial charge in [-0.15, -0.1) is 0 Å². The highest BCUT2D eigenvalue weighted by atomic mass is 127. The number of benzene rings is 1. The monoisotopic (exact) mass is 324 g/mol. The molecule has 1 aromatic rings. The summed E-state index contributed by atoms with van der Waals surface area (Å²) in [6.07, 6.45) is 0.875. The fourth-order valence-electron chi connectivity index (χ4n) is 0.837. The minimum atomic E-state index is 0.748. The fourth-order valence-corrected chi connectivity index (χ4v) is 1.87. The standard InChI is InChI=1S/C8H6BrIO/c1-5-2-7(9)3-6(4-11)8(5)10/h2-4H,1H3. The number of hydrogen-bond acceptors (Lipinski definition) is 1. The third-order valence-electron chi connectivity index (χ3n) is 1.37. The first-order chi connectivity index (χ1) is 5.15. The summed E-state index contributed by atoms with van der Waals surface area (Å²) >= 11 is 5.50. The van der Waals surface area contributed by atoms with E-state index in [1.807, 2.05) is 19.1 Å². The predicted octanol–water partition coefficient (Wildman–Crippen LogP) is 3.17. The Balaban J connectivity index is 3.35. The van der Waals surface area contributed by atoms with Crippen LogP contribution in [0, 0.1) is 10.5 Å². The lowest BCUT2D eigenvalue weighted by Gasteiger charge is -2.01. The molecule has 1 rings (SSSR count). The quantitative estimate of drug-likeness (QED) is 0.573. The van der Waals surface area contributed by atoms with Crippen molar-refractivity contribution < 1.29 is 4.79 Å². The summed E-state index contributed by atoms with van der Waals surface area (Å²) in [5, 5.41) is 0. The molecular weight excluding hydrogens is 319 g/mol. The second kappa shape index (κ2) is 3.67. The maximum atomic E-state index is 10.5. The third-order valence-corrected chi connectivity index (χ3v) is 3.31. The zero-order valence-corrected chi connectivity index (χ0v) is 9.64. The number of hydrogen-bond donors (Lipinski definition) is 0. The smallest absolute Gasteiger partial charge is 0.151 e. The highest BCUT2D eigenvalue weighted by Gasteiger charge is 2.02. The second-order valence-electron chi connectivity index (χ2n) is 2.24. The Morgan fingerprint density at radius 1 is 1.55 bits per heavy atom. The number of halogens is 2. The van der Waals surface area contributed by atoms with Gasteiger partial charge in [0.25, 0.3) is 0 Å². The van der Waals surface area contributed by atoms with E-state index in [1.54, 1.807) is 0 Å². The summed E-state index contributed by atoms with van der Waals surface area (Å²) < 4.78 is 1.98. The van der Waals surface area contributed by atoms with Crippen molar-refractivity contribution in [2.75, 3.05) is 0 Å². The molecule has 0 N–H and O–H groups in total. The third kappa shape index (κ3) is 2.02. The first-order valence-corrected chi connectivity index (χ1v) is 4.93. The molecule has 0 spiro atoms. The highest BCUT2D eigenvalue weighted by molar-refractivity contribution is 14.1. The zero-order chi connectivity index (χ0) is 8.43. The normalized spacial score (nSPS) is 9.73. The van der Waals surface area contributed by atoms with Crippen LogP contribution in [0.5, 0.6) is 0 Å². The summed E-state index contributed by atoms with van der Waals surface area (Å²) in [6.45, 7) is 1.99. The van der Waals surface area contributed by atoms with Gasteiger partial charge in [0.05, 0.1) is 0 Å². The number of carbonyl (C=O) groups excluding carboxylic acids is 1. The fraction of sp³-hybridized carbons (Fsp3) is 0.125. The van der Waals surface area contributed by atoms with Gasteiger partial charge in [0.15, 0.2) is 6.29 Å². The Morgan fingerprint density at radius 2 is 2.18 bits per heavy atom. The van der Waals surface area contributed by atoms with Crippen molar-refractivity contribution in [1.82, 2.24) is 0 Å². The van der Waals surface area contributed by atoms with Gasteiger partial charge in [-0.05, 0) is 47.2 Å². The van der Waals surface area contributed by atoms with E-state index in [0.29, 0.717) is 0 Å². The lowest BCUT2D eigenvalue weighted by atomic mass is 10.2. The lowest BCUT2D eigenvalue weighted by Crippen LogP contribution is -1.89. The largest absolute Gasteiger partial charge is 0.298 e. The van der Waals surface area contributed by atoms with E-state index < -0.39 is 0 Å². The number of rotatable bonds is 1. The van der Waals surface area contributed by atoms with Crippen molar-refractivity contribution in [2.24, 2.45) is 0 Å². The van der Waals surface area contributed by atoms with Gasteiger partial charge in [-0.1, -0.05) is 15.9 Å². The van der Waals surface area contributed by atoms with Crippen LogP contribution in [-0.2, 0) is 0 Å². The van der Waals surface area contributed by atoms with Gasteiger partial charge in [-0.2, -0.15) is 0 Å². The molecule has 0 amide bonds. The second-order valence-corrected chi connectivity index (χ2v) is 4.24. The molecule has 0 bridgehead atoms. The summed E-state index contributed by atoms with van der Waals surface area (Å²) in [4.78, 5) is 10.5. The minimum absolute atomic E-state index is 0.748. The first kappa shape index (κ1) is 9.19. The number of carbonyl (C=O) groups is 1. The average molecular weight is 325 g/mol. The van der Waals surface area contributed by atoms with Gasteiger partial charge < -0.3 is 0 Å². The Hall–Kier alpha value is 0.100. The van der Waals surface area contributed by atoms with Crippen LogP contribution in [0.1, 0.15) is 15.9 Å². The van der Waals surface area contributed by atoms with E-state index in [-0.39, 0.29) is 0 Å². The Labute approximate surface area is 87.5 Å². The van der Waals surface area contributed by atoms with E-state index in [4.69, 9.17) is 0 Å². The molecule has 0 unspecified atom stereocenters. The maximum absolute atomic E-state index is 10.5. The molecule has 3 heteroatoms. The Morgan fingerprint density at radius 3 is 2.73 bits per heavy atom. The Kier molecular flexibility index (Phi) is 3.06. The highest BCUT2D eigenvalue weighted by Crippen LogP contribution is 2.21. The summed E-state index contributed by atoms with van der Waals surface area (Å²) in [6, 6.07) is 3.82. The molecule has 0 aliphatic heterocycles. The van der Waals surface area contributed by atoms with Gasteiger partial charge in [0.2, 0.25) is 0 Å². The zero-order valence-electron chi connectivity index (χ0n) is 5.90. The van der Waals surface area contributed by atoms with Gasteiger partial charge in [0, 0.05) is 13.6 Å². The van der Waals surface area contributed by atoms with Gasteiger partial charge >= 0.3 is 0 Å². The van der Waals surface area contributed by atoms with Crippen LogP contribution < -0.4 is 0 Å². The number of aryl methyl sites for hydroxylation is 1. The molecule has 1 aromatic carbocycles. The van der Waals surface area contributed by atoms with E-state index in [2.05, 4.69) is 38.5 Å². The van der Waals surface area contributed by atoms with Crippen molar-refractivity contribution in [3.63, 3.8) is 0 Å². The van der Waals surface area contributed by atoms with Gasteiger partial charge in [-0.3, -0.25) is 4.79 Å². The van der Waals surface area contributed by atoms with Crippen LogP contribution in [0.3, 0.4) is 0 Å². The van der Waals surface area contributed by atoms with E-state index in [9.17, 15) is 4.79 Å². The average Bonchev–Trinajstić information content (AvgIpc) is 1.96. The van der Waals surface area contributed by atoms with Crippen LogP contribution in [0.15, 0.2) is 16.6 Å². The van der Waals surface area contributed by atoms with Gasteiger partial charge in [-0.25, -0.2) is 0 Å². The van der Waals surface area contributed by atoms with E-state index in [1.165, 1.54) is 0 Å². The topological polar surface area (TPSA) is 17.1 Å². The lowest BCUT2D eigenvalue weighted by molar-refractivity contribution is 0.112. The maximum Gasteiger partial charge on any atom is 0.151 e. The molecule has 0 heterocycles. The van der Waals surface area contributed by atoms with Crippen LogP contribution in [0.4, 0.5) is 0 Å². The van der Waals surface area contributed by atoms with E-state index in [0.717, 1.165) is 25.5 Å². The summed E-state index contributed by atoms with van der Waals surface area (Å²) in [5.41, 5.74) is 1.87. The Bertz CT molecular complexity index is 296. The van der Waals surface area contributed by atoms with Crippen molar-refractivity contribution in [1.29, 1.82) is 0 Å². The van der Waals surface area contributed by atoms with Crippen LogP contribution in [-0.4, -0.2) is 6.29 Å².